The maximum Gasteiger partial charge on any atom is 0.255 e. The zero-order valence-corrected chi connectivity index (χ0v) is 55.8. The number of benzene rings is 3. The number of hydrogen-bond acceptors (Lipinski definition) is 15. The van der Waals surface area contributed by atoms with E-state index >= 15 is 0 Å². The zero-order valence-electron chi connectivity index (χ0n) is 51.1. The first kappa shape index (κ1) is 71.1. The highest BCUT2D eigenvalue weighted by molar-refractivity contribution is 7.91. The van der Waals surface area contributed by atoms with Crippen LogP contribution in [0.15, 0.2) is 149 Å². The number of aromatic nitrogens is 9. The van der Waals surface area contributed by atoms with E-state index in [2.05, 4.69) is 46.2 Å². The van der Waals surface area contributed by atoms with Crippen molar-refractivity contribution in [3.8, 4) is 17.1 Å². The van der Waals surface area contributed by atoms with Crippen molar-refractivity contribution in [2.24, 2.45) is 5.14 Å². The molecule has 3 atom stereocenters. The Hall–Kier alpha value is -8.31. The standard InChI is InChI=1S/C21H22Cl2N4O3S.C21H22F2N4O3S.C20H22ClN5O3S/c1-4-5-20(14-8-16(11-24-10-14)31(3,29)30)26-21(28)17-12-25-27(13(17)2)15-6-7-18(22)19(23)9-15;1-4-5-19(14-8-9-24-20(10-14)31(3,29)30)26-21(28)16-12-25-27(13(16)2)15-6-7-17(22)18(23)11-15;1-3-4-18(14-9-10-23-19(11-14)30(22,28)29)25-20(27)17-12-24-26(13(17)2)16-7-5-15(21)6-8-16/h6-12,20H,4-5H2,1-3H3,(H,26,28);6-12,19H,4-5H2,1-3H3,(H,26,28);5-12,18H,3-4H2,1-2H3,(H,25,27)(H2,22,28,29). The van der Waals surface area contributed by atoms with Gasteiger partial charge >= 0.3 is 0 Å². The van der Waals surface area contributed by atoms with E-state index in [1.807, 2.05) is 32.9 Å². The van der Waals surface area contributed by atoms with E-state index in [1.165, 1.54) is 60.1 Å². The van der Waals surface area contributed by atoms with E-state index in [0.717, 1.165) is 49.6 Å². The third-order valence-electron chi connectivity index (χ3n) is 14.3. The van der Waals surface area contributed by atoms with Crippen molar-refractivity contribution in [3.05, 3.63) is 212 Å². The number of amides is 3. The molecular formula is C62H66Cl3F2N13O9S3. The summed E-state index contributed by atoms with van der Waals surface area (Å²) in [6.45, 7) is 11.1. The smallest absolute Gasteiger partial charge is 0.255 e. The molecule has 0 fully saturated rings. The minimum absolute atomic E-state index is 0.0670. The second-order valence-corrected chi connectivity index (χ2v) is 27.9. The number of primary sulfonamides is 1. The van der Waals surface area contributed by atoms with Crippen molar-refractivity contribution in [3.63, 3.8) is 0 Å². The highest BCUT2D eigenvalue weighted by Gasteiger charge is 2.26. The fraction of sp³-hybridized carbons (Fsp3) is 0.274. The minimum atomic E-state index is -3.94. The summed E-state index contributed by atoms with van der Waals surface area (Å²) in [4.78, 5) is 50.8. The molecule has 0 aliphatic heterocycles. The van der Waals surface area contributed by atoms with Crippen molar-refractivity contribution >= 4 is 82.2 Å². The van der Waals surface area contributed by atoms with Crippen LogP contribution in [0.5, 0.6) is 0 Å². The Kier molecular flexibility index (Phi) is 23.9. The quantitative estimate of drug-likeness (QED) is 0.0520. The first-order valence-corrected chi connectivity index (χ1v) is 34.9. The predicted octanol–water partition coefficient (Wildman–Crippen LogP) is 11.2. The highest BCUT2D eigenvalue weighted by atomic mass is 35.5. The van der Waals surface area contributed by atoms with Crippen LogP contribution in [-0.2, 0) is 29.7 Å². The van der Waals surface area contributed by atoms with Crippen LogP contribution in [0, 0.1) is 32.4 Å². The molecular weight excluding hydrogens is 1310 g/mol. The summed E-state index contributed by atoms with van der Waals surface area (Å²) < 4.78 is 102. The molecule has 92 heavy (non-hydrogen) atoms. The van der Waals surface area contributed by atoms with Crippen LogP contribution in [0.3, 0.4) is 0 Å². The fourth-order valence-corrected chi connectivity index (χ4v) is 11.6. The average molecular weight is 1380 g/mol. The first-order chi connectivity index (χ1) is 43.4. The number of rotatable bonds is 21. The van der Waals surface area contributed by atoms with Gasteiger partial charge in [-0.25, -0.2) is 63.2 Å². The number of sulfone groups is 2. The SMILES string of the molecule is CCCC(NC(=O)c1cnn(-c2ccc(Cl)c(Cl)c2)c1C)c1cncc(S(C)(=O)=O)c1.CCCC(NC(=O)c1cnn(-c2ccc(Cl)cc2)c1C)c1ccnc(S(N)(=O)=O)c1.CCCC(NC(=O)c1cnn(-c2ccc(F)c(F)c2)c1C)c1ccnc(S(C)(=O)=O)c1. The van der Waals surface area contributed by atoms with Crippen molar-refractivity contribution in [2.75, 3.05) is 12.5 Å². The Balaban J connectivity index is 0.000000196. The normalized spacial score (nSPS) is 12.5. The molecule has 22 nitrogen and oxygen atoms in total. The van der Waals surface area contributed by atoms with Crippen molar-refractivity contribution in [1.29, 1.82) is 0 Å². The summed E-state index contributed by atoms with van der Waals surface area (Å²) >= 11 is 18.0. The van der Waals surface area contributed by atoms with Crippen LogP contribution in [-0.4, -0.2) is 99.8 Å². The molecule has 5 N–H and O–H groups in total. The van der Waals surface area contributed by atoms with Gasteiger partial charge in [-0.1, -0.05) is 74.8 Å². The van der Waals surface area contributed by atoms with E-state index in [-0.39, 0.29) is 44.1 Å². The fourth-order valence-electron chi connectivity index (χ4n) is 9.51. The Morgan fingerprint density at radius 3 is 1.36 bits per heavy atom. The Bertz CT molecular complexity index is 4320. The van der Waals surface area contributed by atoms with E-state index < -0.39 is 59.3 Å². The number of hydrogen-bond donors (Lipinski definition) is 4. The molecule has 0 saturated heterocycles. The largest absolute Gasteiger partial charge is 0.345 e. The summed E-state index contributed by atoms with van der Waals surface area (Å²) in [7, 11) is -10.8. The monoisotopic (exact) mass is 1380 g/mol. The summed E-state index contributed by atoms with van der Waals surface area (Å²) in [6.07, 6.45) is 16.3. The molecule has 0 saturated carbocycles. The third-order valence-corrected chi connectivity index (χ3v) is 18.2. The third kappa shape index (κ3) is 18.0. The Morgan fingerprint density at radius 1 is 0.500 bits per heavy atom. The number of carbonyl (C=O) groups excluding carboxylic acids is 3. The number of nitrogens with one attached hydrogen (secondary N) is 3. The summed E-state index contributed by atoms with van der Waals surface area (Å²) in [5, 5.41) is 27.9. The van der Waals surface area contributed by atoms with Crippen molar-refractivity contribution < 1.29 is 48.4 Å². The Morgan fingerprint density at radius 2 is 0.924 bits per heavy atom. The van der Waals surface area contributed by atoms with Gasteiger partial charge in [-0.05, 0) is 142 Å². The molecule has 3 unspecified atom stereocenters. The molecule has 0 spiro atoms. The average Bonchev–Trinajstić information content (AvgIpc) is 1.63. The number of pyridine rings is 3. The number of nitrogens with two attached hydrogens (primary N) is 1. The maximum absolute atomic E-state index is 13.6. The molecule has 9 aromatic rings. The lowest BCUT2D eigenvalue weighted by Gasteiger charge is -2.19. The van der Waals surface area contributed by atoms with E-state index in [9.17, 15) is 48.4 Å². The molecule has 0 radical (unpaired) electrons. The molecule has 9 rings (SSSR count). The molecule has 6 aromatic heterocycles. The van der Waals surface area contributed by atoms with Gasteiger partial charge in [-0.2, -0.15) is 15.3 Å². The molecule has 30 heteroatoms. The predicted molar refractivity (Wildman–Crippen MR) is 345 cm³/mol. The second kappa shape index (κ2) is 30.9. The minimum Gasteiger partial charge on any atom is -0.345 e. The van der Waals surface area contributed by atoms with E-state index in [0.29, 0.717) is 84.9 Å². The first-order valence-electron chi connectivity index (χ1n) is 28.5. The van der Waals surface area contributed by atoms with Gasteiger partial charge in [0.1, 0.15) is 0 Å². The molecule has 0 bridgehead atoms. The van der Waals surface area contributed by atoms with Crippen molar-refractivity contribution in [1.82, 2.24) is 60.2 Å². The van der Waals surface area contributed by atoms with Crippen LogP contribution in [0.1, 0.15) is 142 Å². The summed E-state index contributed by atoms with van der Waals surface area (Å²) in [5.74, 6) is -3.02. The van der Waals surface area contributed by atoms with E-state index in [4.69, 9.17) is 39.9 Å². The van der Waals surface area contributed by atoms with Crippen LogP contribution in [0.25, 0.3) is 17.1 Å². The maximum atomic E-state index is 13.6. The van der Waals surface area contributed by atoms with Gasteiger partial charge in [-0.3, -0.25) is 19.4 Å². The topological polar surface area (TPSA) is 308 Å². The van der Waals surface area contributed by atoms with Crippen LogP contribution >= 0.6 is 34.8 Å². The lowest BCUT2D eigenvalue weighted by atomic mass is 10.0. The van der Waals surface area contributed by atoms with Gasteiger partial charge in [0.15, 0.2) is 41.4 Å². The molecule has 486 valence electrons. The molecule has 0 aliphatic carbocycles. The van der Waals surface area contributed by atoms with Gasteiger partial charge in [0.2, 0.25) is 0 Å². The highest BCUT2D eigenvalue weighted by Crippen LogP contribution is 2.29. The lowest BCUT2D eigenvalue weighted by Crippen LogP contribution is -2.29. The number of sulfonamides is 1. The number of carbonyl (C=O) groups is 3. The van der Waals surface area contributed by atoms with Crippen LogP contribution in [0.4, 0.5) is 8.78 Å². The molecule has 3 aromatic carbocycles. The van der Waals surface area contributed by atoms with Gasteiger partial charge in [0.25, 0.3) is 27.7 Å². The van der Waals surface area contributed by atoms with Crippen LogP contribution in [0.2, 0.25) is 15.1 Å². The Labute approximate surface area is 546 Å². The van der Waals surface area contributed by atoms with Crippen molar-refractivity contribution in [2.45, 2.75) is 113 Å². The molecule has 0 aliphatic rings. The summed E-state index contributed by atoms with van der Waals surface area (Å²) in [5.41, 5.74) is 6.47. The summed E-state index contributed by atoms with van der Waals surface area (Å²) in [6, 6.07) is 22.1. The molecule has 3 amide bonds. The van der Waals surface area contributed by atoms with Gasteiger partial charge in [0.05, 0.1) is 102 Å². The number of halogens is 5. The number of nitrogens with zero attached hydrogens (tertiary/aromatic N) is 9. The van der Waals surface area contributed by atoms with Crippen LogP contribution < -0.4 is 21.1 Å². The molecule has 6 heterocycles. The zero-order chi connectivity index (χ0) is 67.4. The lowest BCUT2D eigenvalue weighted by molar-refractivity contribution is 0.0925. The van der Waals surface area contributed by atoms with Gasteiger partial charge < -0.3 is 16.0 Å². The van der Waals surface area contributed by atoms with E-state index in [1.54, 1.807) is 84.9 Å². The van der Waals surface area contributed by atoms with Gasteiger partial charge in [0, 0.05) is 48.4 Å². The second-order valence-electron chi connectivity index (χ2n) is 21.2. The van der Waals surface area contributed by atoms with Gasteiger partial charge in [-0.15, -0.1) is 0 Å².